The molecule has 318 valence electrons. The highest BCUT2D eigenvalue weighted by atomic mass is 16.6. The molecule has 3 aromatic carbocycles. The first kappa shape index (κ1) is 43.1. The van der Waals surface area contributed by atoms with E-state index < -0.39 is 29.7 Å². The molecule has 60 heavy (non-hydrogen) atoms. The van der Waals surface area contributed by atoms with Crippen molar-refractivity contribution in [3.05, 3.63) is 77.4 Å². The van der Waals surface area contributed by atoms with Gasteiger partial charge in [0.2, 0.25) is 17.6 Å². The predicted octanol–water partition coefficient (Wildman–Crippen LogP) is 5.33. The van der Waals surface area contributed by atoms with Crippen LogP contribution in [0.5, 0.6) is 5.75 Å². The molecule has 2 heterocycles. The SMILES string of the molecule is COc1ccc(C[C@H](NC(=O)C2CCC(CNC(=O)OC(C)(C)C)CC2)C(=O)Nc2ccc(-c3nn[nH]n3)cc2)cc1-c1ccc(C(=O)N[C@@H]2CCN(C(=O)O)C2)cc1C. The average molecular weight is 824 g/mol. The number of tetrazole rings is 1. The first-order chi connectivity index (χ1) is 28.6. The van der Waals surface area contributed by atoms with Crippen LogP contribution in [-0.4, -0.2) is 105 Å². The Morgan fingerprint density at radius 3 is 2.33 bits per heavy atom. The Balaban J connectivity index is 1.17. The molecule has 4 aromatic rings. The van der Waals surface area contributed by atoms with Crippen LogP contribution in [0, 0.1) is 18.8 Å². The molecule has 2 atom stereocenters. The van der Waals surface area contributed by atoms with Gasteiger partial charge in [0.1, 0.15) is 17.4 Å². The Kier molecular flexibility index (Phi) is 13.7. The zero-order valence-electron chi connectivity index (χ0n) is 34.5. The van der Waals surface area contributed by atoms with E-state index in [0.29, 0.717) is 60.7 Å². The summed E-state index contributed by atoms with van der Waals surface area (Å²) in [6, 6.07) is 16.7. The molecule has 0 spiro atoms. The number of hydrogen-bond acceptors (Lipinski definition) is 10. The fraction of sp³-hybridized carbons (Fsp3) is 0.442. The summed E-state index contributed by atoms with van der Waals surface area (Å²) in [6.45, 7) is 8.40. The minimum Gasteiger partial charge on any atom is -0.496 e. The number of carbonyl (C=O) groups excluding carboxylic acids is 4. The Morgan fingerprint density at radius 2 is 1.70 bits per heavy atom. The standard InChI is InChI=1S/C43H53N9O8/c1-25-20-30(39(54)46-32-18-19-52(24-32)42(57)58)13-16-33(25)34-21-27(8-17-36(34)59-5)22-35(40(55)45-31-14-11-28(12-15-31)37-48-50-51-49-37)47-38(53)29-9-6-26(7-10-29)23-44-41(56)60-43(2,3)4/h8,11-17,20-21,26,29,32,35H,6-7,9-10,18-19,22-24H2,1-5H3,(H,44,56)(H,45,55)(H,46,54)(H,47,53)(H,57,58)(H,48,49,50,51)/t26?,29?,32-,35+/m1/s1. The number of aromatic amines is 1. The van der Waals surface area contributed by atoms with E-state index in [4.69, 9.17) is 9.47 Å². The maximum absolute atomic E-state index is 14.0. The van der Waals surface area contributed by atoms with E-state index >= 15 is 0 Å². The highest BCUT2D eigenvalue weighted by Crippen LogP contribution is 2.35. The monoisotopic (exact) mass is 823 g/mol. The first-order valence-electron chi connectivity index (χ1n) is 20.1. The zero-order valence-corrected chi connectivity index (χ0v) is 34.5. The Morgan fingerprint density at radius 1 is 0.950 bits per heavy atom. The normalized spacial score (nSPS) is 18.2. The second-order valence-electron chi connectivity index (χ2n) is 16.4. The minimum atomic E-state index is -1.00. The van der Waals surface area contributed by atoms with Crippen molar-refractivity contribution in [2.24, 2.45) is 11.8 Å². The molecule has 2 fully saturated rings. The van der Waals surface area contributed by atoms with Crippen molar-refractivity contribution in [3.63, 3.8) is 0 Å². The second-order valence-corrected chi connectivity index (χ2v) is 16.4. The highest BCUT2D eigenvalue weighted by molar-refractivity contribution is 5.98. The lowest BCUT2D eigenvalue weighted by Gasteiger charge is -2.29. The third-order valence-electron chi connectivity index (χ3n) is 10.8. The number of nitrogens with zero attached hydrogens (tertiary/aromatic N) is 4. The smallest absolute Gasteiger partial charge is 0.407 e. The summed E-state index contributed by atoms with van der Waals surface area (Å²) >= 11 is 0. The van der Waals surface area contributed by atoms with Gasteiger partial charge in [-0.15, -0.1) is 10.2 Å². The number of ether oxygens (including phenoxy) is 2. The van der Waals surface area contributed by atoms with Crippen molar-refractivity contribution in [2.45, 2.75) is 83.9 Å². The number of H-pyrrole nitrogens is 1. The van der Waals surface area contributed by atoms with Crippen LogP contribution in [0.15, 0.2) is 60.7 Å². The molecule has 6 rings (SSSR count). The maximum Gasteiger partial charge on any atom is 0.407 e. The molecule has 1 aliphatic carbocycles. The van der Waals surface area contributed by atoms with Gasteiger partial charge >= 0.3 is 12.2 Å². The summed E-state index contributed by atoms with van der Waals surface area (Å²) < 4.78 is 11.1. The van der Waals surface area contributed by atoms with Gasteiger partial charge in [0.05, 0.1) is 7.11 Å². The number of likely N-dealkylation sites (tertiary alicyclic amines) is 1. The van der Waals surface area contributed by atoms with Crippen molar-refractivity contribution in [1.82, 2.24) is 41.5 Å². The van der Waals surface area contributed by atoms with Crippen LogP contribution in [0.1, 0.15) is 74.4 Å². The molecule has 0 radical (unpaired) electrons. The lowest BCUT2D eigenvalue weighted by atomic mass is 9.81. The van der Waals surface area contributed by atoms with Gasteiger partial charge in [0, 0.05) is 60.4 Å². The van der Waals surface area contributed by atoms with E-state index in [-0.39, 0.29) is 42.7 Å². The Hall–Kier alpha value is -6.52. The number of aryl methyl sites for hydroxylation is 1. The average Bonchev–Trinajstić information content (AvgIpc) is 3.93. The van der Waals surface area contributed by atoms with E-state index in [1.807, 2.05) is 52.0 Å². The molecular formula is C43H53N9O8. The summed E-state index contributed by atoms with van der Waals surface area (Å²) in [5, 5.41) is 35.1. The number of methoxy groups -OCH3 is 1. The third-order valence-corrected chi connectivity index (χ3v) is 10.8. The number of anilines is 1. The van der Waals surface area contributed by atoms with Crippen molar-refractivity contribution >= 4 is 35.6 Å². The maximum atomic E-state index is 14.0. The zero-order chi connectivity index (χ0) is 43.0. The number of aromatic nitrogens is 4. The molecule has 0 bridgehead atoms. The number of benzene rings is 3. The molecule has 1 saturated heterocycles. The molecule has 17 nitrogen and oxygen atoms in total. The lowest BCUT2D eigenvalue weighted by Crippen LogP contribution is -2.48. The fourth-order valence-electron chi connectivity index (χ4n) is 7.64. The van der Waals surface area contributed by atoms with E-state index in [0.717, 1.165) is 35.1 Å². The van der Waals surface area contributed by atoms with Crippen LogP contribution in [-0.2, 0) is 20.7 Å². The number of carbonyl (C=O) groups is 5. The number of nitrogens with one attached hydrogen (secondary N) is 5. The van der Waals surface area contributed by atoms with Crippen LogP contribution >= 0.6 is 0 Å². The van der Waals surface area contributed by atoms with Crippen molar-refractivity contribution < 1.29 is 38.6 Å². The minimum absolute atomic E-state index is 0.166. The molecule has 1 saturated carbocycles. The molecule has 17 heteroatoms. The largest absolute Gasteiger partial charge is 0.496 e. The molecule has 6 N–H and O–H groups in total. The molecular weight excluding hydrogens is 771 g/mol. The quantitative estimate of drug-likeness (QED) is 0.101. The van der Waals surface area contributed by atoms with Gasteiger partial charge in [-0.25, -0.2) is 9.59 Å². The summed E-state index contributed by atoms with van der Waals surface area (Å²) in [6.07, 6.45) is 1.94. The van der Waals surface area contributed by atoms with Crippen molar-refractivity contribution in [1.29, 1.82) is 0 Å². The van der Waals surface area contributed by atoms with Gasteiger partial charge in [-0.3, -0.25) is 14.4 Å². The number of carboxylic acid groups (broad SMARTS) is 1. The fourth-order valence-corrected chi connectivity index (χ4v) is 7.64. The number of amides is 5. The van der Waals surface area contributed by atoms with E-state index in [1.165, 1.54) is 4.90 Å². The van der Waals surface area contributed by atoms with Crippen LogP contribution in [0.25, 0.3) is 22.5 Å². The van der Waals surface area contributed by atoms with Gasteiger partial charge in [-0.1, -0.05) is 12.1 Å². The third kappa shape index (κ3) is 11.4. The number of alkyl carbamates (subject to hydrolysis) is 1. The molecule has 5 amide bonds. The highest BCUT2D eigenvalue weighted by Gasteiger charge is 2.31. The Bertz CT molecular complexity index is 2160. The van der Waals surface area contributed by atoms with E-state index in [2.05, 4.69) is 41.9 Å². The molecule has 0 unspecified atom stereocenters. The summed E-state index contributed by atoms with van der Waals surface area (Å²) in [5.74, 6) is -0.00273. The van der Waals surface area contributed by atoms with Gasteiger partial charge in [-0.05, 0) is 136 Å². The van der Waals surface area contributed by atoms with Crippen molar-refractivity contribution in [2.75, 3.05) is 32.1 Å². The van der Waals surface area contributed by atoms with Gasteiger partial charge in [-0.2, -0.15) is 5.21 Å². The predicted molar refractivity (Wildman–Crippen MR) is 222 cm³/mol. The summed E-state index contributed by atoms with van der Waals surface area (Å²) in [5.41, 5.74) is 4.21. The van der Waals surface area contributed by atoms with Gasteiger partial charge in [0.15, 0.2) is 0 Å². The van der Waals surface area contributed by atoms with Crippen LogP contribution in [0.3, 0.4) is 0 Å². The topological polar surface area (TPSA) is 230 Å². The number of rotatable bonds is 13. The molecule has 1 aromatic heterocycles. The Labute approximate surface area is 348 Å². The van der Waals surface area contributed by atoms with Gasteiger partial charge < -0.3 is 40.7 Å². The van der Waals surface area contributed by atoms with Crippen molar-refractivity contribution in [3.8, 4) is 28.3 Å². The van der Waals surface area contributed by atoms with E-state index in [9.17, 15) is 29.1 Å². The van der Waals surface area contributed by atoms with Crippen LogP contribution in [0.4, 0.5) is 15.3 Å². The molecule has 1 aliphatic heterocycles. The first-order valence-corrected chi connectivity index (χ1v) is 20.1. The molecule has 2 aliphatic rings. The lowest BCUT2D eigenvalue weighted by molar-refractivity contribution is -0.130. The van der Waals surface area contributed by atoms with E-state index in [1.54, 1.807) is 43.5 Å². The van der Waals surface area contributed by atoms with Crippen LogP contribution in [0.2, 0.25) is 0 Å². The summed E-state index contributed by atoms with van der Waals surface area (Å²) in [7, 11) is 1.57. The van der Waals surface area contributed by atoms with Crippen LogP contribution < -0.4 is 26.0 Å². The summed E-state index contributed by atoms with van der Waals surface area (Å²) in [4.78, 5) is 65.9. The second kappa shape index (κ2) is 19.0. The van der Waals surface area contributed by atoms with Gasteiger partial charge in [0.25, 0.3) is 5.91 Å². The number of hydrogen-bond donors (Lipinski definition) is 6.